The van der Waals surface area contributed by atoms with Crippen molar-refractivity contribution in [3.05, 3.63) is 29.3 Å². The van der Waals surface area contributed by atoms with Crippen LogP contribution in [0.25, 0.3) is 0 Å². The summed E-state index contributed by atoms with van der Waals surface area (Å²) in [5.74, 6) is 2.43. The highest BCUT2D eigenvalue weighted by molar-refractivity contribution is 5.92. The second-order valence-corrected chi connectivity index (χ2v) is 3.52. The average Bonchev–Trinajstić information content (AvgIpc) is 2.21. The van der Waals surface area contributed by atoms with Crippen molar-refractivity contribution in [3.8, 4) is 12.3 Å². The molecule has 0 radical (unpaired) electrons. The number of aryl methyl sites for hydroxylation is 2. The van der Waals surface area contributed by atoms with Crippen molar-refractivity contribution in [2.45, 2.75) is 26.7 Å². The summed E-state index contributed by atoms with van der Waals surface area (Å²) in [6, 6.07) is 5.93. The van der Waals surface area contributed by atoms with Crippen molar-refractivity contribution in [2.75, 3.05) is 5.32 Å². The smallest absolute Gasteiger partial charge is 0.225 e. The molecule has 2 nitrogen and oxygen atoms in total. The molecule has 0 saturated carbocycles. The molecule has 1 N–H and O–H groups in total. The van der Waals surface area contributed by atoms with Gasteiger partial charge in [-0.25, -0.2) is 0 Å². The molecule has 0 fully saturated rings. The van der Waals surface area contributed by atoms with Crippen LogP contribution in [0.3, 0.4) is 0 Å². The number of rotatable bonds is 3. The molecule has 0 heterocycles. The molecule has 1 aromatic rings. The molecule has 0 unspecified atom stereocenters. The molecule has 1 amide bonds. The topological polar surface area (TPSA) is 29.1 Å². The predicted octanol–water partition coefficient (Wildman–Crippen LogP) is 2.66. The lowest BCUT2D eigenvalue weighted by Crippen LogP contribution is -2.12. The van der Waals surface area contributed by atoms with E-state index in [1.54, 1.807) is 0 Å². The van der Waals surface area contributed by atoms with E-state index in [9.17, 15) is 4.79 Å². The molecular formula is C13H15NO. The van der Waals surface area contributed by atoms with Crippen LogP contribution in [0.5, 0.6) is 0 Å². The van der Waals surface area contributed by atoms with Crippen LogP contribution in [-0.4, -0.2) is 5.91 Å². The number of nitrogens with one attached hydrogen (secondary N) is 1. The van der Waals surface area contributed by atoms with Gasteiger partial charge >= 0.3 is 0 Å². The van der Waals surface area contributed by atoms with E-state index in [-0.39, 0.29) is 5.91 Å². The number of para-hydroxylation sites is 1. The zero-order valence-corrected chi connectivity index (χ0v) is 9.13. The Morgan fingerprint density at radius 2 is 2.00 bits per heavy atom. The van der Waals surface area contributed by atoms with E-state index < -0.39 is 0 Å². The van der Waals surface area contributed by atoms with E-state index >= 15 is 0 Å². The third kappa shape index (κ3) is 3.14. The van der Waals surface area contributed by atoms with Gasteiger partial charge < -0.3 is 5.32 Å². The van der Waals surface area contributed by atoms with Crippen molar-refractivity contribution in [2.24, 2.45) is 0 Å². The summed E-state index contributed by atoms with van der Waals surface area (Å²) in [6.45, 7) is 3.95. The van der Waals surface area contributed by atoms with E-state index in [0.717, 1.165) is 16.8 Å². The van der Waals surface area contributed by atoms with Crippen LogP contribution in [0.15, 0.2) is 18.2 Å². The van der Waals surface area contributed by atoms with Crippen LogP contribution in [0.4, 0.5) is 5.69 Å². The Morgan fingerprint density at radius 3 is 2.53 bits per heavy atom. The third-order valence-electron chi connectivity index (χ3n) is 2.24. The summed E-state index contributed by atoms with van der Waals surface area (Å²) in [5.41, 5.74) is 3.05. The zero-order valence-electron chi connectivity index (χ0n) is 9.13. The maximum atomic E-state index is 11.5. The molecule has 2 heteroatoms. The summed E-state index contributed by atoms with van der Waals surface area (Å²) >= 11 is 0. The van der Waals surface area contributed by atoms with Crippen LogP contribution in [0, 0.1) is 26.2 Å². The van der Waals surface area contributed by atoms with Gasteiger partial charge in [0.1, 0.15) is 0 Å². The Hall–Kier alpha value is -1.75. The fourth-order valence-corrected chi connectivity index (χ4v) is 1.40. The van der Waals surface area contributed by atoms with Crippen molar-refractivity contribution < 1.29 is 4.79 Å². The molecule has 1 aromatic carbocycles. The molecular weight excluding hydrogens is 186 g/mol. The van der Waals surface area contributed by atoms with Crippen LogP contribution in [0.1, 0.15) is 24.0 Å². The van der Waals surface area contributed by atoms with E-state index in [2.05, 4.69) is 11.2 Å². The third-order valence-corrected chi connectivity index (χ3v) is 2.24. The SMILES string of the molecule is C#CCCC(=O)Nc1c(C)cccc1C. The predicted molar refractivity (Wildman–Crippen MR) is 62.6 cm³/mol. The highest BCUT2D eigenvalue weighted by Crippen LogP contribution is 2.19. The van der Waals surface area contributed by atoms with Gasteiger partial charge in [0.25, 0.3) is 0 Å². The fraction of sp³-hybridized carbons (Fsp3) is 0.308. The summed E-state index contributed by atoms with van der Waals surface area (Å²) in [7, 11) is 0. The van der Waals surface area contributed by atoms with Gasteiger partial charge in [0.05, 0.1) is 0 Å². The number of carbonyl (C=O) groups excluding carboxylic acids is 1. The monoisotopic (exact) mass is 201 g/mol. The Morgan fingerprint density at radius 1 is 1.40 bits per heavy atom. The Labute approximate surface area is 90.7 Å². The van der Waals surface area contributed by atoms with Gasteiger partial charge in [-0.05, 0) is 25.0 Å². The second-order valence-electron chi connectivity index (χ2n) is 3.52. The number of carbonyl (C=O) groups is 1. The largest absolute Gasteiger partial charge is 0.326 e. The van der Waals surface area contributed by atoms with Crippen LogP contribution >= 0.6 is 0 Å². The summed E-state index contributed by atoms with van der Waals surface area (Å²) in [5, 5.41) is 2.88. The van der Waals surface area contributed by atoms with Crippen molar-refractivity contribution in [3.63, 3.8) is 0 Å². The van der Waals surface area contributed by atoms with Gasteiger partial charge in [-0.2, -0.15) is 0 Å². The molecule has 1 rings (SSSR count). The van der Waals surface area contributed by atoms with Crippen LogP contribution in [-0.2, 0) is 4.79 Å². The van der Waals surface area contributed by atoms with E-state index in [1.165, 1.54) is 0 Å². The molecule has 0 aliphatic heterocycles. The summed E-state index contributed by atoms with van der Waals surface area (Å²) in [6.07, 6.45) is 5.96. The fourth-order valence-electron chi connectivity index (χ4n) is 1.40. The minimum atomic E-state index is -0.0228. The Balaban J connectivity index is 2.73. The lowest BCUT2D eigenvalue weighted by molar-refractivity contribution is -0.116. The Kier molecular flexibility index (Phi) is 3.93. The van der Waals surface area contributed by atoms with E-state index in [4.69, 9.17) is 6.42 Å². The van der Waals surface area contributed by atoms with Gasteiger partial charge in [-0.3, -0.25) is 4.79 Å². The highest BCUT2D eigenvalue weighted by atomic mass is 16.1. The quantitative estimate of drug-likeness (QED) is 0.748. The molecule has 0 aliphatic rings. The maximum absolute atomic E-state index is 11.5. The van der Waals surface area contributed by atoms with Gasteiger partial charge in [-0.15, -0.1) is 12.3 Å². The van der Waals surface area contributed by atoms with Crippen molar-refractivity contribution in [1.82, 2.24) is 0 Å². The van der Waals surface area contributed by atoms with Crippen molar-refractivity contribution >= 4 is 11.6 Å². The normalized spacial score (nSPS) is 9.40. The number of hydrogen-bond acceptors (Lipinski definition) is 1. The number of benzene rings is 1. The Bertz CT molecular complexity index is 381. The lowest BCUT2D eigenvalue weighted by Gasteiger charge is -2.10. The standard InChI is InChI=1S/C13H15NO/c1-4-5-9-12(15)14-13-10(2)7-6-8-11(13)3/h1,6-8H,5,9H2,2-3H3,(H,14,15). The number of amides is 1. The lowest BCUT2D eigenvalue weighted by atomic mass is 10.1. The molecule has 15 heavy (non-hydrogen) atoms. The molecule has 0 saturated heterocycles. The summed E-state index contributed by atoms with van der Waals surface area (Å²) < 4.78 is 0. The molecule has 0 aliphatic carbocycles. The van der Waals surface area contributed by atoms with Crippen LogP contribution in [0.2, 0.25) is 0 Å². The first-order valence-corrected chi connectivity index (χ1v) is 4.94. The first-order valence-electron chi connectivity index (χ1n) is 4.94. The van der Waals surface area contributed by atoms with Gasteiger partial charge in [0.2, 0.25) is 5.91 Å². The molecule has 0 bridgehead atoms. The summed E-state index contributed by atoms with van der Waals surface area (Å²) in [4.78, 5) is 11.5. The van der Waals surface area contributed by atoms with Gasteiger partial charge in [0, 0.05) is 18.5 Å². The molecule has 78 valence electrons. The second kappa shape index (κ2) is 5.21. The van der Waals surface area contributed by atoms with E-state index in [1.807, 2.05) is 32.0 Å². The molecule has 0 atom stereocenters. The first kappa shape index (κ1) is 11.3. The number of terminal acetylenes is 1. The number of anilines is 1. The minimum absolute atomic E-state index is 0.0228. The molecule has 0 aromatic heterocycles. The maximum Gasteiger partial charge on any atom is 0.225 e. The average molecular weight is 201 g/mol. The van der Waals surface area contributed by atoms with Crippen LogP contribution < -0.4 is 5.32 Å². The highest BCUT2D eigenvalue weighted by Gasteiger charge is 2.05. The minimum Gasteiger partial charge on any atom is -0.326 e. The van der Waals surface area contributed by atoms with Crippen molar-refractivity contribution in [1.29, 1.82) is 0 Å². The molecule has 0 spiro atoms. The zero-order chi connectivity index (χ0) is 11.3. The van der Waals surface area contributed by atoms with Gasteiger partial charge in [0.15, 0.2) is 0 Å². The number of hydrogen-bond donors (Lipinski definition) is 1. The van der Waals surface area contributed by atoms with Gasteiger partial charge in [-0.1, -0.05) is 18.2 Å². The van der Waals surface area contributed by atoms with E-state index in [0.29, 0.717) is 12.8 Å². The first-order chi connectivity index (χ1) is 7.15.